The van der Waals surface area contributed by atoms with Gasteiger partial charge in [-0.1, -0.05) is 42.6 Å². The van der Waals surface area contributed by atoms with Crippen molar-refractivity contribution in [2.75, 3.05) is 17.7 Å². The van der Waals surface area contributed by atoms with Crippen molar-refractivity contribution in [3.8, 4) is 5.75 Å². The van der Waals surface area contributed by atoms with E-state index < -0.39 is 12.1 Å². The smallest absolute Gasteiger partial charge is 0.322 e. The van der Waals surface area contributed by atoms with Crippen LogP contribution in [0.25, 0.3) is 0 Å². The number of benzene rings is 2. The molecule has 1 saturated carbocycles. The van der Waals surface area contributed by atoms with Crippen molar-refractivity contribution in [3.63, 3.8) is 0 Å². The molecule has 0 aromatic heterocycles. The van der Waals surface area contributed by atoms with E-state index in [-0.39, 0.29) is 30.3 Å². The molecule has 2 aromatic carbocycles. The molecule has 9 heteroatoms. The lowest BCUT2D eigenvalue weighted by atomic mass is 9.85. The van der Waals surface area contributed by atoms with Gasteiger partial charge >= 0.3 is 6.03 Å². The fourth-order valence-electron chi connectivity index (χ4n) is 4.61. The van der Waals surface area contributed by atoms with E-state index in [1.165, 1.54) is 7.11 Å². The maximum atomic E-state index is 13.4. The summed E-state index contributed by atoms with van der Waals surface area (Å²) in [5.41, 5.74) is 1.04. The van der Waals surface area contributed by atoms with Crippen molar-refractivity contribution in [2.24, 2.45) is 0 Å². The molecule has 3 atom stereocenters. The minimum absolute atomic E-state index is 0.120. The quantitative estimate of drug-likeness (QED) is 0.614. The molecule has 0 bridgehead atoms. The number of amides is 4. The molecule has 1 saturated heterocycles. The predicted octanol–water partition coefficient (Wildman–Crippen LogP) is 4.02. The number of para-hydroxylation sites is 2. The van der Waals surface area contributed by atoms with E-state index in [9.17, 15) is 14.4 Å². The van der Waals surface area contributed by atoms with Gasteiger partial charge in [0.15, 0.2) is 0 Å². The predicted molar refractivity (Wildman–Crippen MR) is 127 cm³/mol. The van der Waals surface area contributed by atoms with Crippen molar-refractivity contribution < 1.29 is 19.1 Å². The number of carbonyl (C=O) groups excluding carboxylic acids is 3. The molecule has 0 unspecified atom stereocenters. The first-order valence-corrected chi connectivity index (χ1v) is 11.4. The summed E-state index contributed by atoms with van der Waals surface area (Å²) in [4.78, 5) is 40.8. The van der Waals surface area contributed by atoms with Crippen LogP contribution in [0.1, 0.15) is 32.1 Å². The second-order valence-electron chi connectivity index (χ2n) is 8.28. The zero-order chi connectivity index (χ0) is 23.4. The molecule has 4 amide bonds. The Morgan fingerprint density at radius 3 is 2.70 bits per heavy atom. The molecule has 1 aliphatic heterocycles. The second-order valence-corrected chi connectivity index (χ2v) is 8.72. The van der Waals surface area contributed by atoms with E-state index in [0.717, 1.165) is 25.7 Å². The Kier molecular flexibility index (Phi) is 7.03. The molecule has 0 spiro atoms. The number of hydrogen-bond donors (Lipinski definition) is 3. The first-order valence-electron chi connectivity index (χ1n) is 11.0. The third-order valence-corrected chi connectivity index (χ3v) is 6.36. The summed E-state index contributed by atoms with van der Waals surface area (Å²) in [6.45, 7) is 0. The van der Waals surface area contributed by atoms with E-state index >= 15 is 0 Å². The number of ether oxygens (including phenoxy) is 1. The SMILES string of the molecule is COc1ccccc1NC(=O)C[C@@H]1C(=O)N[C@H]2CCCC[C@H]2N1C(=O)Nc1cccc(Cl)c1. The van der Waals surface area contributed by atoms with Crippen LogP contribution in [0.5, 0.6) is 5.75 Å². The third-order valence-electron chi connectivity index (χ3n) is 6.12. The van der Waals surface area contributed by atoms with Crippen LogP contribution in [0.3, 0.4) is 0 Å². The molecule has 0 radical (unpaired) electrons. The topological polar surface area (TPSA) is 99.8 Å². The zero-order valence-corrected chi connectivity index (χ0v) is 19.1. The van der Waals surface area contributed by atoms with Gasteiger partial charge in [0.05, 0.1) is 25.3 Å². The number of carbonyl (C=O) groups is 3. The molecular weight excluding hydrogens is 444 g/mol. The fourth-order valence-corrected chi connectivity index (χ4v) is 4.80. The van der Waals surface area contributed by atoms with Crippen molar-refractivity contribution in [1.82, 2.24) is 10.2 Å². The summed E-state index contributed by atoms with van der Waals surface area (Å²) in [6, 6.07) is 12.2. The molecule has 4 rings (SSSR count). The Balaban J connectivity index is 1.56. The van der Waals surface area contributed by atoms with Crippen LogP contribution < -0.4 is 20.7 Å². The van der Waals surface area contributed by atoms with Crippen molar-refractivity contribution in [2.45, 2.75) is 50.2 Å². The van der Waals surface area contributed by atoms with Crippen LogP contribution in [0.2, 0.25) is 5.02 Å². The highest BCUT2D eigenvalue weighted by atomic mass is 35.5. The summed E-state index contributed by atoms with van der Waals surface area (Å²) in [5.74, 6) is -0.189. The molecule has 174 valence electrons. The highest BCUT2D eigenvalue weighted by molar-refractivity contribution is 6.30. The van der Waals surface area contributed by atoms with Crippen molar-refractivity contribution in [1.29, 1.82) is 0 Å². The van der Waals surface area contributed by atoms with Crippen LogP contribution in [-0.2, 0) is 9.59 Å². The largest absolute Gasteiger partial charge is 0.495 e. The first-order chi connectivity index (χ1) is 16.0. The lowest BCUT2D eigenvalue weighted by molar-refractivity contribution is -0.135. The molecule has 2 fully saturated rings. The summed E-state index contributed by atoms with van der Waals surface area (Å²) >= 11 is 6.06. The normalized spacial score (nSPS) is 22.1. The summed E-state index contributed by atoms with van der Waals surface area (Å²) in [7, 11) is 1.52. The molecule has 3 N–H and O–H groups in total. The molecular formula is C24H27ClN4O4. The Hall–Kier alpha value is -3.26. The summed E-state index contributed by atoms with van der Waals surface area (Å²) < 4.78 is 5.28. The van der Waals surface area contributed by atoms with Gasteiger partial charge in [0.2, 0.25) is 11.8 Å². The average molecular weight is 471 g/mol. The second kappa shape index (κ2) is 10.1. The van der Waals surface area contributed by atoms with E-state index in [1.807, 2.05) is 0 Å². The fraction of sp³-hybridized carbons (Fsp3) is 0.375. The molecule has 8 nitrogen and oxygen atoms in total. The molecule has 2 aliphatic rings. The van der Waals surface area contributed by atoms with Gasteiger partial charge in [0, 0.05) is 16.8 Å². The number of rotatable bonds is 5. The number of urea groups is 1. The van der Waals surface area contributed by atoms with Crippen LogP contribution in [-0.4, -0.2) is 48.0 Å². The Morgan fingerprint density at radius 1 is 1.12 bits per heavy atom. The molecule has 2 aromatic rings. The van der Waals surface area contributed by atoms with Crippen LogP contribution >= 0.6 is 11.6 Å². The maximum absolute atomic E-state index is 13.4. The lowest BCUT2D eigenvalue weighted by Gasteiger charge is -2.47. The van der Waals surface area contributed by atoms with Crippen LogP contribution in [0.15, 0.2) is 48.5 Å². The third kappa shape index (κ3) is 5.22. The minimum atomic E-state index is -0.932. The summed E-state index contributed by atoms with van der Waals surface area (Å²) in [5, 5.41) is 9.17. The maximum Gasteiger partial charge on any atom is 0.322 e. The van der Waals surface area contributed by atoms with Crippen molar-refractivity contribution >= 4 is 40.8 Å². The van der Waals surface area contributed by atoms with Gasteiger partial charge < -0.3 is 25.6 Å². The highest BCUT2D eigenvalue weighted by Crippen LogP contribution is 2.31. The van der Waals surface area contributed by atoms with Gasteiger partial charge in [0.1, 0.15) is 11.8 Å². The van der Waals surface area contributed by atoms with Crippen LogP contribution in [0.4, 0.5) is 16.2 Å². The number of fused-ring (bicyclic) bond motifs is 1. The van der Waals surface area contributed by atoms with Gasteiger partial charge in [-0.2, -0.15) is 0 Å². The number of methoxy groups -OCH3 is 1. The van der Waals surface area contributed by atoms with Gasteiger partial charge in [0.25, 0.3) is 0 Å². The van der Waals surface area contributed by atoms with E-state index in [4.69, 9.17) is 16.3 Å². The number of nitrogens with zero attached hydrogens (tertiary/aromatic N) is 1. The van der Waals surface area contributed by atoms with E-state index in [1.54, 1.807) is 53.4 Å². The van der Waals surface area contributed by atoms with Crippen LogP contribution in [0, 0.1) is 0 Å². The summed E-state index contributed by atoms with van der Waals surface area (Å²) in [6.07, 6.45) is 3.34. The van der Waals surface area contributed by atoms with Gasteiger partial charge in [-0.15, -0.1) is 0 Å². The number of hydrogen-bond acceptors (Lipinski definition) is 4. The highest BCUT2D eigenvalue weighted by Gasteiger charge is 2.46. The monoisotopic (exact) mass is 470 g/mol. The standard InChI is InChI=1S/C24H27ClN4O4/c1-33-21-12-5-3-10-18(21)27-22(30)14-20-23(31)28-17-9-2-4-11-19(17)29(20)24(32)26-16-8-6-7-15(25)13-16/h3,5-8,10,12-13,17,19-20H,2,4,9,11,14H2,1H3,(H,26,32)(H,27,30)(H,28,31)/t17-,19+,20+/m0/s1. The first kappa shape index (κ1) is 22.9. The van der Waals surface area contributed by atoms with Gasteiger partial charge in [-0.25, -0.2) is 4.79 Å². The minimum Gasteiger partial charge on any atom is -0.495 e. The molecule has 33 heavy (non-hydrogen) atoms. The Morgan fingerprint density at radius 2 is 1.91 bits per heavy atom. The number of nitrogens with one attached hydrogen (secondary N) is 3. The Bertz CT molecular complexity index is 1050. The zero-order valence-electron chi connectivity index (χ0n) is 18.3. The van der Waals surface area contributed by atoms with Gasteiger partial charge in [-0.05, 0) is 43.2 Å². The van der Waals surface area contributed by atoms with E-state index in [2.05, 4.69) is 16.0 Å². The molecule has 1 aliphatic carbocycles. The number of halogens is 1. The van der Waals surface area contributed by atoms with E-state index in [0.29, 0.717) is 22.1 Å². The number of anilines is 2. The number of piperazine rings is 1. The Labute approximate surface area is 197 Å². The molecule has 1 heterocycles. The average Bonchev–Trinajstić information content (AvgIpc) is 2.79. The van der Waals surface area contributed by atoms with Crippen molar-refractivity contribution in [3.05, 3.63) is 53.6 Å². The lowest BCUT2D eigenvalue weighted by Crippen LogP contribution is -2.68. The van der Waals surface area contributed by atoms with Gasteiger partial charge in [-0.3, -0.25) is 9.59 Å².